The zero-order chi connectivity index (χ0) is 10.4. The van der Waals surface area contributed by atoms with Gasteiger partial charge in [0.25, 0.3) is 0 Å². The van der Waals surface area contributed by atoms with Gasteiger partial charge in [-0.2, -0.15) is 0 Å². The van der Waals surface area contributed by atoms with Gasteiger partial charge in [-0.3, -0.25) is 0 Å². The minimum atomic E-state index is -0.110. The molecule has 1 aliphatic rings. The Hall–Kier alpha value is -0.930. The van der Waals surface area contributed by atoms with Gasteiger partial charge in [-0.25, -0.2) is 4.39 Å². The molecule has 1 aromatic heterocycles. The molecule has 78 valence electrons. The maximum absolute atomic E-state index is 13.4. The van der Waals surface area contributed by atoms with E-state index in [-0.39, 0.29) is 5.82 Å². The van der Waals surface area contributed by atoms with Gasteiger partial charge in [-0.05, 0) is 42.1 Å². The van der Waals surface area contributed by atoms with Crippen LogP contribution >= 0.6 is 11.3 Å². The summed E-state index contributed by atoms with van der Waals surface area (Å²) in [6.45, 7) is 1.92. The van der Waals surface area contributed by atoms with Crippen LogP contribution in [0.2, 0.25) is 0 Å². The van der Waals surface area contributed by atoms with Crippen molar-refractivity contribution in [3.05, 3.63) is 34.5 Å². The second kappa shape index (κ2) is 3.29. The molecule has 0 bridgehead atoms. The smallest absolute Gasteiger partial charge is 0.124 e. The van der Waals surface area contributed by atoms with E-state index in [0.29, 0.717) is 0 Å². The molecule has 15 heavy (non-hydrogen) atoms. The predicted octanol–water partition coefficient (Wildman–Crippen LogP) is 3.03. The van der Waals surface area contributed by atoms with Crippen molar-refractivity contribution in [3.8, 4) is 0 Å². The van der Waals surface area contributed by atoms with Crippen molar-refractivity contribution in [1.82, 2.24) is 4.90 Å². The Morgan fingerprint density at radius 1 is 1.33 bits per heavy atom. The molecule has 2 aromatic rings. The Labute approximate surface area is 92.1 Å². The first-order valence-electron chi connectivity index (χ1n) is 5.11. The third-order valence-corrected chi connectivity index (χ3v) is 3.98. The van der Waals surface area contributed by atoms with Crippen LogP contribution in [-0.2, 0) is 13.0 Å². The number of rotatable bonds is 0. The van der Waals surface area contributed by atoms with Crippen molar-refractivity contribution >= 4 is 21.4 Å². The third kappa shape index (κ3) is 1.46. The van der Waals surface area contributed by atoms with Crippen LogP contribution in [0.25, 0.3) is 10.1 Å². The summed E-state index contributed by atoms with van der Waals surface area (Å²) in [5, 5.41) is 3.47. The van der Waals surface area contributed by atoms with Crippen molar-refractivity contribution in [1.29, 1.82) is 0 Å². The lowest BCUT2D eigenvalue weighted by Gasteiger charge is -2.13. The summed E-state index contributed by atoms with van der Waals surface area (Å²) in [5.41, 5.74) is 2.52. The molecule has 1 nitrogen and oxygen atoms in total. The fourth-order valence-electron chi connectivity index (χ4n) is 2.28. The summed E-state index contributed by atoms with van der Waals surface area (Å²) in [5.74, 6) is -0.110. The third-order valence-electron chi connectivity index (χ3n) is 3.00. The van der Waals surface area contributed by atoms with E-state index < -0.39 is 0 Å². The molecule has 0 atom stereocenters. The van der Waals surface area contributed by atoms with Crippen LogP contribution in [0.5, 0.6) is 0 Å². The van der Waals surface area contributed by atoms with E-state index in [1.54, 1.807) is 23.5 Å². The number of hydrogen-bond acceptors (Lipinski definition) is 2. The van der Waals surface area contributed by atoms with E-state index in [0.717, 1.165) is 29.8 Å². The molecule has 2 heterocycles. The maximum Gasteiger partial charge on any atom is 0.124 e. The molecule has 0 N–H and O–H groups in total. The minimum Gasteiger partial charge on any atom is -0.302 e. The molecule has 0 unspecified atom stereocenters. The minimum absolute atomic E-state index is 0.110. The van der Waals surface area contributed by atoms with E-state index >= 15 is 0 Å². The van der Waals surface area contributed by atoms with Gasteiger partial charge in [0.15, 0.2) is 0 Å². The molecule has 3 heteroatoms. The number of likely N-dealkylation sites (N-methyl/N-ethyl adjacent to an activating group) is 1. The topological polar surface area (TPSA) is 3.24 Å². The molecular weight excluding hydrogens is 209 g/mol. The highest BCUT2D eigenvalue weighted by molar-refractivity contribution is 7.17. The van der Waals surface area contributed by atoms with Crippen LogP contribution in [0.1, 0.15) is 11.1 Å². The predicted molar refractivity (Wildman–Crippen MR) is 61.8 cm³/mol. The summed E-state index contributed by atoms with van der Waals surface area (Å²) >= 11 is 1.66. The molecule has 0 spiro atoms. The van der Waals surface area contributed by atoms with E-state index in [2.05, 4.69) is 17.3 Å². The van der Waals surface area contributed by atoms with Gasteiger partial charge in [0, 0.05) is 23.2 Å². The molecule has 0 amide bonds. The average molecular weight is 221 g/mol. The average Bonchev–Trinajstić information content (AvgIpc) is 2.50. The lowest BCUT2D eigenvalue weighted by molar-refractivity contribution is 0.336. The first-order chi connectivity index (χ1) is 7.24. The van der Waals surface area contributed by atoms with Crippen LogP contribution in [0.15, 0.2) is 17.5 Å². The molecule has 0 fully saturated rings. The van der Waals surface area contributed by atoms with Crippen molar-refractivity contribution in [2.75, 3.05) is 13.6 Å². The lowest BCUT2D eigenvalue weighted by atomic mass is 10.1. The monoisotopic (exact) mass is 221 g/mol. The molecule has 0 aliphatic carbocycles. The fourth-order valence-corrected chi connectivity index (χ4v) is 3.34. The van der Waals surface area contributed by atoms with Crippen molar-refractivity contribution < 1.29 is 4.39 Å². The highest BCUT2D eigenvalue weighted by Crippen LogP contribution is 2.32. The lowest BCUT2D eigenvalue weighted by Crippen LogP contribution is -2.18. The Morgan fingerprint density at radius 3 is 3.07 bits per heavy atom. The van der Waals surface area contributed by atoms with Crippen LogP contribution in [0, 0.1) is 5.82 Å². The second-order valence-corrected chi connectivity index (χ2v) is 5.10. The molecule has 0 saturated heterocycles. The van der Waals surface area contributed by atoms with E-state index in [1.165, 1.54) is 10.9 Å². The quantitative estimate of drug-likeness (QED) is 0.661. The molecule has 3 rings (SSSR count). The highest BCUT2D eigenvalue weighted by Gasteiger charge is 2.16. The Balaban J connectivity index is 2.32. The number of nitrogens with zero attached hydrogens (tertiary/aromatic N) is 1. The Bertz CT molecular complexity index is 518. The summed E-state index contributed by atoms with van der Waals surface area (Å²) in [7, 11) is 2.09. The van der Waals surface area contributed by atoms with Crippen molar-refractivity contribution in [2.24, 2.45) is 0 Å². The largest absolute Gasteiger partial charge is 0.302 e. The van der Waals surface area contributed by atoms with Crippen LogP contribution in [-0.4, -0.2) is 18.5 Å². The van der Waals surface area contributed by atoms with Gasteiger partial charge in [0.2, 0.25) is 0 Å². The highest BCUT2D eigenvalue weighted by atomic mass is 32.1. The van der Waals surface area contributed by atoms with Gasteiger partial charge in [0.1, 0.15) is 5.82 Å². The summed E-state index contributed by atoms with van der Waals surface area (Å²) in [4.78, 5) is 2.25. The number of hydrogen-bond donors (Lipinski definition) is 0. The first kappa shape index (κ1) is 9.31. The first-order valence-corrected chi connectivity index (χ1v) is 5.99. The van der Waals surface area contributed by atoms with Gasteiger partial charge in [0.05, 0.1) is 0 Å². The summed E-state index contributed by atoms with van der Waals surface area (Å²) in [6, 6.07) is 3.33. The molecule has 1 aromatic carbocycles. The van der Waals surface area contributed by atoms with Crippen molar-refractivity contribution in [3.63, 3.8) is 0 Å². The SMILES string of the molecule is CN1CCc2csc3cc(F)cc(c23)C1. The Kier molecular flexibility index (Phi) is 2.04. The summed E-state index contributed by atoms with van der Waals surface area (Å²) in [6.07, 6.45) is 1.08. The maximum atomic E-state index is 13.4. The van der Waals surface area contributed by atoms with Gasteiger partial charge < -0.3 is 4.90 Å². The fraction of sp³-hybridized carbons (Fsp3) is 0.333. The van der Waals surface area contributed by atoms with E-state index in [9.17, 15) is 4.39 Å². The number of thiophene rings is 1. The van der Waals surface area contributed by atoms with E-state index in [1.807, 2.05) is 0 Å². The van der Waals surface area contributed by atoms with Gasteiger partial charge in [-0.1, -0.05) is 0 Å². The zero-order valence-electron chi connectivity index (χ0n) is 8.59. The number of benzene rings is 1. The van der Waals surface area contributed by atoms with E-state index in [4.69, 9.17) is 0 Å². The molecule has 0 saturated carbocycles. The van der Waals surface area contributed by atoms with Crippen LogP contribution in [0.4, 0.5) is 4.39 Å². The standard InChI is InChI=1S/C12H12FNS/c1-14-3-2-8-7-15-11-5-10(13)4-9(6-14)12(8)11/h4-5,7H,2-3,6H2,1H3. The van der Waals surface area contributed by atoms with Gasteiger partial charge >= 0.3 is 0 Å². The normalized spacial score (nSPS) is 16.9. The van der Waals surface area contributed by atoms with Crippen LogP contribution < -0.4 is 0 Å². The molecule has 0 radical (unpaired) electrons. The van der Waals surface area contributed by atoms with Crippen molar-refractivity contribution in [2.45, 2.75) is 13.0 Å². The number of halogens is 1. The summed E-state index contributed by atoms with van der Waals surface area (Å²) < 4.78 is 14.5. The second-order valence-electron chi connectivity index (χ2n) is 4.19. The van der Waals surface area contributed by atoms with Gasteiger partial charge in [-0.15, -0.1) is 11.3 Å². The molecule has 1 aliphatic heterocycles. The van der Waals surface area contributed by atoms with Crippen LogP contribution in [0.3, 0.4) is 0 Å². The molecular formula is C12H12FNS. The zero-order valence-corrected chi connectivity index (χ0v) is 9.40. The Morgan fingerprint density at radius 2 is 2.20 bits per heavy atom.